The van der Waals surface area contributed by atoms with E-state index in [1.807, 2.05) is 0 Å². The van der Waals surface area contributed by atoms with Crippen LogP contribution >= 0.6 is 12.2 Å². The maximum absolute atomic E-state index is 10.1. The third-order valence-electron chi connectivity index (χ3n) is 1.87. The van der Waals surface area contributed by atoms with Crippen LogP contribution in [0.1, 0.15) is 51.9 Å². The normalized spacial score (nSPS) is 9.75. The van der Waals surface area contributed by atoms with Crippen molar-refractivity contribution in [2.75, 3.05) is 0 Å². The van der Waals surface area contributed by atoms with Crippen LogP contribution in [0.5, 0.6) is 0 Å². The molecular weight excluding hydrogens is 168 g/mol. The van der Waals surface area contributed by atoms with Crippen LogP contribution in [0.3, 0.4) is 0 Å². The minimum atomic E-state index is 0.475. The molecule has 0 aromatic carbocycles. The van der Waals surface area contributed by atoms with Crippen molar-refractivity contribution >= 4 is 23.4 Å². The molecule has 70 valence electrons. The summed E-state index contributed by atoms with van der Waals surface area (Å²) in [7, 11) is 0. The number of carbonyl (C=O) groups is 1. The molecular formula is C10H18OS. The first kappa shape index (κ1) is 11.8. The van der Waals surface area contributed by atoms with Crippen LogP contribution in [0, 0.1) is 0 Å². The molecule has 12 heavy (non-hydrogen) atoms. The zero-order chi connectivity index (χ0) is 9.23. The molecule has 0 spiro atoms. The van der Waals surface area contributed by atoms with Crippen molar-refractivity contribution in [3.8, 4) is 0 Å². The van der Waals surface area contributed by atoms with Crippen LogP contribution in [0.15, 0.2) is 0 Å². The van der Waals surface area contributed by atoms with Gasteiger partial charge in [-0.05, 0) is 17.7 Å². The first-order valence-corrected chi connectivity index (χ1v) is 5.17. The molecule has 0 aliphatic carbocycles. The van der Waals surface area contributed by atoms with Gasteiger partial charge in [-0.25, -0.2) is 0 Å². The summed E-state index contributed by atoms with van der Waals surface area (Å²) >= 11 is 5.00. The lowest BCUT2D eigenvalue weighted by Gasteiger charge is -1.99. The van der Waals surface area contributed by atoms with Crippen LogP contribution in [0.4, 0.5) is 0 Å². The van der Waals surface area contributed by atoms with Gasteiger partial charge < -0.3 is 4.79 Å². The van der Waals surface area contributed by atoms with E-state index in [0.29, 0.717) is 6.42 Å². The second-order valence-electron chi connectivity index (χ2n) is 3.07. The molecule has 1 nitrogen and oxygen atoms in total. The predicted octanol–water partition coefficient (Wildman–Crippen LogP) is 3.31. The van der Waals surface area contributed by atoms with E-state index in [-0.39, 0.29) is 0 Å². The van der Waals surface area contributed by atoms with Crippen LogP contribution in [0.2, 0.25) is 0 Å². The number of thiocarbonyl (C=S) groups is 1. The lowest BCUT2D eigenvalue weighted by molar-refractivity contribution is -0.106. The number of rotatable bonds is 8. The van der Waals surface area contributed by atoms with Gasteiger partial charge >= 0.3 is 0 Å². The van der Waals surface area contributed by atoms with Gasteiger partial charge in [0.25, 0.3) is 0 Å². The Morgan fingerprint density at radius 1 is 1.25 bits per heavy atom. The highest BCUT2D eigenvalue weighted by atomic mass is 32.1. The van der Waals surface area contributed by atoms with Gasteiger partial charge in [-0.1, -0.05) is 44.8 Å². The van der Waals surface area contributed by atoms with E-state index in [1.54, 1.807) is 0 Å². The van der Waals surface area contributed by atoms with Crippen LogP contribution in [0.25, 0.3) is 0 Å². The van der Waals surface area contributed by atoms with E-state index < -0.39 is 0 Å². The number of hydrogen-bond acceptors (Lipinski definition) is 2. The molecule has 0 unspecified atom stereocenters. The molecule has 0 saturated carbocycles. The third kappa shape index (κ3) is 7.86. The van der Waals surface area contributed by atoms with Gasteiger partial charge in [0, 0.05) is 6.42 Å². The lowest BCUT2D eigenvalue weighted by atomic mass is 10.1. The summed E-state index contributed by atoms with van der Waals surface area (Å²) in [5, 5.41) is 0. The average Bonchev–Trinajstić information content (AvgIpc) is 2.05. The van der Waals surface area contributed by atoms with Crippen molar-refractivity contribution < 1.29 is 4.79 Å². The van der Waals surface area contributed by atoms with Gasteiger partial charge in [0.2, 0.25) is 0 Å². The fourth-order valence-corrected chi connectivity index (χ4v) is 1.33. The second kappa shape index (κ2) is 8.85. The number of carbonyl (C=O) groups excluding carboxylic acids is 1. The smallest absolute Gasteiger partial charge is 0.124 e. The summed E-state index contributed by atoms with van der Waals surface area (Å²) in [5.74, 6) is 0. The lowest BCUT2D eigenvalue weighted by Crippen LogP contribution is -1.94. The molecule has 0 aromatic rings. The molecule has 0 saturated heterocycles. The molecule has 0 N–H and O–H groups in total. The fraction of sp³-hybridized carbons (Fsp3) is 0.800. The molecule has 0 fully saturated rings. The Labute approximate surface area is 80.5 Å². The molecule has 0 aromatic heterocycles. The van der Waals surface area contributed by atoms with Gasteiger partial charge in [-0.2, -0.15) is 0 Å². The molecule has 0 amide bonds. The topological polar surface area (TPSA) is 17.1 Å². The summed E-state index contributed by atoms with van der Waals surface area (Å²) < 4.78 is 0. The molecule has 0 aliphatic heterocycles. The highest BCUT2D eigenvalue weighted by Gasteiger charge is 1.95. The zero-order valence-electron chi connectivity index (χ0n) is 7.84. The van der Waals surface area contributed by atoms with E-state index in [0.717, 1.165) is 24.0 Å². The van der Waals surface area contributed by atoms with Gasteiger partial charge in [-0.3, -0.25) is 0 Å². The van der Waals surface area contributed by atoms with E-state index >= 15 is 0 Å². The molecule has 0 atom stereocenters. The van der Waals surface area contributed by atoms with E-state index in [9.17, 15) is 4.79 Å². The average molecular weight is 186 g/mol. The standard InChI is InChI=1S/C10H18OS/c1-2-3-4-5-6-7-10(12)8-9-11/h9H,2-8H2,1H3. The number of hydrogen-bond donors (Lipinski definition) is 0. The largest absolute Gasteiger partial charge is 0.303 e. The minimum Gasteiger partial charge on any atom is -0.303 e. The van der Waals surface area contributed by atoms with Gasteiger partial charge in [0.05, 0.1) is 0 Å². The summed E-state index contributed by atoms with van der Waals surface area (Å²) in [5.41, 5.74) is 0. The van der Waals surface area contributed by atoms with Crippen molar-refractivity contribution in [2.24, 2.45) is 0 Å². The summed E-state index contributed by atoms with van der Waals surface area (Å²) in [4.78, 5) is 11.0. The number of unbranched alkanes of at least 4 members (excludes halogenated alkanes) is 4. The Kier molecular flexibility index (Phi) is 8.68. The maximum Gasteiger partial charge on any atom is 0.124 e. The van der Waals surface area contributed by atoms with Crippen LogP contribution in [-0.4, -0.2) is 11.2 Å². The Bertz CT molecular complexity index is 132. The first-order chi connectivity index (χ1) is 5.81. The summed E-state index contributed by atoms with van der Waals surface area (Å²) in [6, 6.07) is 0. The van der Waals surface area contributed by atoms with E-state index in [2.05, 4.69) is 6.92 Å². The Balaban J connectivity index is 3.08. The third-order valence-corrected chi connectivity index (χ3v) is 2.24. The Morgan fingerprint density at radius 3 is 2.50 bits per heavy atom. The maximum atomic E-state index is 10.1. The summed E-state index contributed by atoms with van der Waals surface area (Å²) in [6.07, 6.45) is 8.65. The van der Waals surface area contributed by atoms with E-state index in [1.165, 1.54) is 25.7 Å². The molecule has 0 heterocycles. The second-order valence-corrected chi connectivity index (χ2v) is 3.65. The van der Waals surface area contributed by atoms with Crippen molar-refractivity contribution in [1.82, 2.24) is 0 Å². The van der Waals surface area contributed by atoms with E-state index in [4.69, 9.17) is 12.2 Å². The molecule has 0 aliphatic rings. The van der Waals surface area contributed by atoms with Crippen LogP contribution in [-0.2, 0) is 4.79 Å². The quantitative estimate of drug-likeness (QED) is 0.329. The van der Waals surface area contributed by atoms with Gasteiger partial charge in [0.1, 0.15) is 6.29 Å². The predicted molar refractivity (Wildman–Crippen MR) is 56.7 cm³/mol. The van der Waals surface area contributed by atoms with Crippen molar-refractivity contribution in [1.29, 1.82) is 0 Å². The Hall–Kier alpha value is -0.240. The van der Waals surface area contributed by atoms with Crippen molar-refractivity contribution in [2.45, 2.75) is 51.9 Å². The van der Waals surface area contributed by atoms with Gasteiger partial charge in [0.15, 0.2) is 0 Å². The molecule has 2 heteroatoms. The summed E-state index contributed by atoms with van der Waals surface area (Å²) in [6.45, 7) is 2.21. The minimum absolute atomic E-state index is 0.475. The highest BCUT2D eigenvalue weighted by Crippen LogP contribution is 2.06. The van der Waals surface area contributed by atoms with Crippen molar-refractivity contribution in [3.63, 3.8) is 0 Å². The highest BCUT2D eigenvalue weighted by molar-refractivity contribution is 7.80. The van der Waals surface area contributed by atoms with Crippen LogP contribution < -0.4 is 0 Å². The zero-order valence-corrected chi connectivity index (χ0v) is 8.66. The fourth-order valence-electron chi connectivity index (χ4n) is 1.12. The molecule has 0 radical (unpaired) electrons. The SMILES string of the molecule is CCCCCCCC(=S)CC=O. The van der Waals surface area contributed by atoms with Crippen molar-refractivity contribution in [3.05, 3.63) is 0 Å². The number of aldehydes is 1. The Morgan fingerprint density at radius 2 is 1.92 bits per heavy atom. The van der Waals surface area contributed by atoms with Gasteiger partial charge in [-0.15, -0.1) is 0 Å². The monoisotopic (exact) mass is 186 g/mol. The molecule has 0 bridgehead atoms. The first-order valence-electron chi connectivity index (χ1n) is 4.76. The molecule has 0 rings (SSSR count).